The molecule has 0 fully saturated rings. The molecule has 0 heterocycles. The Morgan fingerprint density at radius 3 is 2.83 bits per heavy atom. The van der Waals surface area contributed by atoms with Crippen molar-refractivity contribution in [3.8, 4) is 0 Å². The second kappa shape index (κ2) is 11.1. The number of nitrogens with one attached hydrogen (secondary N) is 2. The minimum absolute atomic E-state index is 0.118. The van der Waals surface area contributed by atoms with Crippen molar-refractivity contribution in [2.45, 2.75) is 59.0 Å². The predicted octanol–water partition coefficient (Wildman–Crippen LogP) is 2.92. The molecule has 0 aromatic carbocycles. The molecule has 5 nitrogen and oxygen atoms in total. The molecule has 2 N–H and O–H groups in total. The van der Waals surface area contributed by atoms with E-state index in [1.165, 1.54) is 0 Å². The highest BCUT2D eigenvalue weighted by molar-refractivity contribution is 5.90. The van der Waals surface area contributed by atoms with Crippen LogP contribution in [0.3, 0.4) is 0 Å². The van der Waals surface area contributed by atoms with E-state index in [1.54, 1.807) is 0 Å². The molecule has 5 heteroatoms. The topological polar surface area (TPSA) is 52.0 Å². The zero-order valence-corrected chi connectivity index (χ0v) is 15.3. The van der Waals surface area contributed by atoms with Gasteiger partial charge in [-0.15, -0.1) is 0 Å². The van der Waals surface area contributed by atoms with E-state index >= 15 is 0 Å². The number of rotatable bonds is 7. The molecule has 0 saturated heterocycles. The number of amidine groups is 1. The molecular weight excluding hydrogens is 286 g/mol. The molecule has 1 rings (SSSR count). The molecule has 1 unspecified atom stereocenters. The average Bonchev–Trinajstić information content (AvgIpc) is 2.49. The number of aliphatic imine (C=N–C) groups is 2. The maximum absolute atomic E-state index is 4.69. The number of hydrogen-bond donors (Lipinski definition) is 2. The first kappa shape index (κ1) is 19.6. The van der Waals surface area contributed by atoms with E-state index in [4.69, 9.17) is 0 Å². The Balaban J connectivity index is 2.38. The van der Waals surface area contributed by atoms with E-state index in [9.17, 15) is 0 Å². The van der Waals surface area contributed by atoms with Crippen LogP contribution in [0.25, 0.3) is 0 Å². The number of allylic oxidation sites excluding steroid dienone is 3. The van der Waals surface area contributed by atoms with E-state index < -0.39 is 0 Å². The third kappa shape index (κ3) is 8.09. The van der Waals surface area contributed by atoms with E-state index in [1.807, 2.05) is 32.8 Å². The van der Waals surface area contributed by atoms with Gasteiger partial charge in [0.1, 0.15) is 5.84 Å². The lowest BCUT2D eigenvalue weighted by atomic mass is 10.1. The summed E-state index contributed by atoms with van der Waals surface area (Å²) in [6.07, 6.45) is 12.3. The van der Waals surface area contributed by atoms with Crippen LogP contribution in [0.1, 0.15) is 47.0 Å². The molecule has 1 aliphatic carbocycles. The maximum atomic E-state index is 4.69. The quantitative estimate of drug-likeness (QED) is 0.249. The average molecular weight is 319 g/mol. The summed E-state index contributed by atoms with van der Waals surface area (Å²) in [7, 11) is 2.00. The fourth-order valence-corrected chi connectivity index (χ4v) is 2.33. The molecule has 0 aromatic rings. The summed E-state index contributed by atoms with van der Waals surface area (Å²) in [6, 6.07) is 0.545. The molecule has 0 aliphatic heterocycles. The van der Waals surface area contributed by atoms with Crippen molar-refractivity contribution in [2.24, 2.45) is 9.98 Å². The van der Waals surface area contributed by atoms with E-state index in [0.717, 1.165) is 44.0 Å². The van der Waals surface area contributed by atoms with Crippen LogP contribution in [0.2, 0.25) is 0 Å². The molecule has 0 spiro atoms. The molecular formula is C18H33N5. The second-order valence-electron chi connectivity index (χ2n) is 5.89. The van der Waals surface area contributed by atoms with E-state index in [0.29, 0.717) is 6.04 Å². The van der Waals surface area contributed by atoms with Crippen LogP contribution in [-0.4, -0.2) is 48.9 Å². The van der Waals surface area contributed by atoms with Crippen LogP contribution in [0.15, 0.2) is 34.3 Å². The van der Waals surface area contributed by atoms with Crippen molar-refractivity contribution < 1.29 is 0 Å². The van der Waals surface area contributed by atoms with Crippen LogP contribution < -0.4 is 10.7 Å². The molecule has 130 valence electrons. The summed E-state index contributed by atoms with van der Waals surface area (Å²) in [5, 5.41) is 5.49. The molecule has 0 bridgehead atoms. The van der Waals surface area contributed by atoms with Gasteiger partial charge in [0.15, 0.2) is 0 Å². The van der Waals surface area contributed by atoms with Gasteiger partial charge in [0, 0.05) is 25.3 Å². The zero-order chi connectivity index (χ0) is 17.1. The molecule has 2 atom stereocenters. The van der Waals surface area contributed by atoms with Crippen LogP contribution in [0.5, 0.6) is 0 Å². The molecule has 1 aliphatic rings. The Hall–Kier alpha value is -1.46. The largest absolute Gasteiger partial charge is 0.298 e. The molecule has 23 heavy (non-hydrogen) atoms. The Bertz CT molecular complexity index is 450. The first-order chi connectivity index (χ1) is 11.0. The number of nitrogens with zero attached hydrogens (tertiary/aromatic N) is 3. The molecule has 0 saturated carbocycles. The first-order valence-corrected chi connectivity index (χ1v) is 8.62. The van der Waals surface area contributed by atoms with Gasteiger partial charge < -0.3 is 0 Å². The van der Waals surface area contributed by atoms with Gasteiger partial charge in [-0.3, -0.25) is 20.3 Å². The number of hydrogen-bond acceptors (Lipinski definition) is 4. The molecule has 0 amide bonds. The normalized spacial score (nSPS) is 23.8. The van der Waals surface area contributed by atoms with Gasteiger partial charge in [-0.2, -0.15) is 0 Å². The fraction of sp³-hybridized carbons (Fsp3) is 0.667. The highest BCUT2D eigenvalue weighted by atomic mass is 15.5. The van der Waals surface area contributed by atoms with Gasteiger partial charge in [0.05, 0.1) is 12.7 Å². The van der Waals surface area contributed by atoms with Crippen LogP contribution in [0.4, 0.5) is 0 Å². The lowest BCUT2D eigenvalue weighted by Gasteiger charge is -2.23. The van der Waals surface area contributed by atoms with Crippen molar-refractivity contribution >= 4 is 11.5 Å². The highest BCUT2D eigenvalue weighted by Gasteiger charge is 2.08. The minimum Gasteiger partial charge on any atom is -0.298 e. The first-order valence-electron chi connectivity index (χ1n) is 8.62. The van der Waals surface area contributed by atoms with Crippen molar-refractivity contribution in [3.05, 3.63) is 24.3 Å². The Kier molecular flexibility index (Phi) is 9.48. The summed E-state index contributed by atoms with van der Waals surface area (Å²) in [4.78, 5) is 9.11. The third-order valence-electron chi connectivity index (χ3n) is 4.01. The van der Waals surface area contributed by atoms with Gasteiger partial charge in [0.2, 0.25) is 0 Å². The fourth-order valence-electron chi connectivity index (χ4n) is 2.33. The Morgan fingerprint density at radius 1 is 1.30 bits per heavy atom. The van der Waals surface area contributed by atoms with Crippen molar-refractivity contribution in [1.82, 2.24) is 15.8 Å². The Labute approximate surface area is 141 Å². The lowest BCUT2D eigenvalue weighted by Crippen LogP contribution is -2.46. The minimum atomic E-state index is 0.118. The van der Waals surface area contributed by atoms with Crippen molar-refractivity contribution in [2.75, 3.05) is 20.3 Å². The van der Waals surface area contributed by atoms with Crippen LogP contribution in [-0.2, 0) is 0 Å². The van der Waals surface area contributed by atoms with Gasteiger partial charge >= 0.3 is 0 Å². The van der Waals surface area contributed by atoms with Crippen LogP contribution >= 0.6 is 0 Å². The van der Waals surface area contributed by atoms with Gasteiger partial charge in [-0.25, -0.2) is 5.43 Å². The monoisotopic (exact) mass is 319 g/mol. The molecule has 0 radical (unpaired) electrons. The maximum Gasteiger partial charge on any atom is 0.110 e. The summed E-state index contributed by atoms with van der Waals surface area (Å²) in [5.74, 6) is 0.959. The van der Waals surface area contributed by atoms with Gasteiger partial charge in [-0.05, 0) is 47.0 Å². The van der Waals surface area contributed by atoms with Crippen molar-refractivity contribution in [3.63, 3.8) is 0 Å². The smallest absolute Gasteiger partial charge is 0.110 e. The summed E-state index contributed by atoms with van der Waals surface area (Å²) < 4.78 is 0. The van der Waals surface area contributed by atoms with Crippen LogP contribution in [0, 0.1) is 0 Å². The number of hydrazine groups is 1. The summed E-state index contributed by atoms with van der Waals surface area (Å²) >= 11 is 0. The highest BCUT2D eigenvalue weighted by Crippen LogP contribution is 2.05. The van der Waals surface area contributed by atoms with E-state index in [2.05, 4.69) is 52.0 Å². The molecule has 0 aromatic heterocycles. The van der Waals surface area contributed by atoms with E-state index in [-0.39, 0.29) is 6.04 Å². The third-order valence-corrected chi connectivity index (χ3v) is 4.01. The summed E-state index contributed by atoms with van der Waals surface area (Å²) in [6.45, 7) is 9.71. The predicted molar refractivity (Wildman–Crippen MR) is 101 cm³/mol. The lowest BCUT2D eigenvalue weighted by molar-refractivity contribution is 0.333. The Morgan fingerprint density at radius 2 is 2.09 bits per heavy atom. The standard InChI is InChI=1S/C18H33N5/c1-6-19-15(2)16(3)22-17(4)23(5)21-14-20-18-12-10-8-7-9-11-13-18/h7-8,11,13,16,18,20-21H,6,9-10,12,14H2,1-5H3/b8-7-,13-11-,19-15?,22-17?/t16?,18-/m1/s1. The van der Waals surface area contributed by atoms with Gasteiger partial charge in [-0.1, -0.05) is 24.3 Å². The van der Waals surface area contributed by atoms with Crippen molar-refractivity contribution in [1.29, 1.82) is 0 Å². The summed E-state index contributed by atoms with van der Waals surface area (Å²) in [5.41, 5.74) is 4.42. The second-order valence-corrected chi connectivity index (χ2v) is 5.89. The van der Waals surface area contributed by atoms with Gasteiger partial charge in [0.25, 0.3) is 0 Å². The SMILES string of the molecule is CCN=C(C)C(C)N=C(C)N(C)NCN[C@H]1/C=C\C/C=C\CC1. The zero-order valence-electron chi connectivity index (χ0n) is 15.3.